The summed E-state index contributed by atoms with van der Waals surface area (Å²) in [5.41, 5.74) is 5.76. The normalized spacial score (nSPS) is 10.6. The maximum absolute atomic E-state index is 11.7. The van der Waals surface area contributed by atoms with Gasteiger partial charge >= 0.3 is 5.69 Å². The van der Waals surface area contributed by atoms with Crippen molar-refractivity contribution in [2.45, 2.75) is 40.2 Å². The molecule has 0 aliphatic rings. The van der Waals surface area contributed by atoms with Crippen molar-refractivity contribution in [3.63, 3.8) is 0 Å². The maximum atomic E-state index is 11.7. The molecule has 1 amide bonds. The summed E-state index contributed by atoms with van der Waals surface area (Å²) in [6, 6.07) is -0.0335. The second kappa shape index (κ2) is 9.73. The van der Waals surface area contributed by atoms with E-state index in [0.29, 0.717) is 18.1 Å². The monoisotopic (exact) mass is 334 g/mol. The van der Waals surface area contributed by atoms with Crippen LogP contribution < -0.4 is 16.7 Å². The van der Waals surface area contributed by atoms with E-state index in [4.69, 9.17) is 10.5 Å². The number of anilines is 1. The van der Waals surface area contributed by atoms with Crippen LogP contribution in [0.1, 0.15) is 45.7 Å². The number of hydrogen-bond acceptors (Lipinski definition) is 5. The highest BCUT2D eigenvalue weighted by molar-refractivity contribution is 5.77. The molecule has 0 aromatic carbocycles. The Morgan fingerprint density at radius 3 is 2.75 bits per heavy atom. The third-order valence-corrected chi connectivity index (χ3v) is 3.21. The number of amides is 1. The van der Waals surface area contributed by atoms with Crippen LogP contribution in [0.25, 0.3) is 0 Å². The van der Waals surface area contributed by atoms with Gasteiger partial charge in [-0.25, -0.2) is 4.79 Å². The minimum Gasteiger partial charge on any atom is -0.382 e. The fraction of sp³-hybridized carbons (Fsp3) is 0.588. The zero-order valence-corrected chi connectivity index (χ0v) is 14.8. The molecule has 1 rings (SSSR count). The van der Waals surface area contributed by atoms with Crippen LogP contribution in [0.15, 0.2) is 11.0 Å². The van der Waals surface area contributed by atoms with E-state index >= 15 is 0 Å². The number of rotatable bonds is 7. The Bertz CT molecular complexity index is 669. The molecule has 1 heterocycles. The smallest absolute Gasteiger partial charge is 0.349 e. The molecule has 0 spiro atoms. The van der Waals surface area contributed by atoms with Gasteiger partial charge in [0.2, 0.25) is 5.91 Å². The number of hydrogen-bond donors (Lipinski definition) is 2. The van der Waals surface area contributed by atoms with E-state index in [1.807, 2.05) is 13.8 Å². The summed E-state index contributed by atoms with van der Waals surface area (Å²) < 4.78 is 6.73. The Kier molecular flexibility index (Phi) is 7.99. The fourth-order valence-corrected chi connectivity index (χ4v) is 1.76. The van der Waals surface area contributed by atoms with Gasteiger partial charge in [-0.05, 0) is 26.2 Å². The molecule has 24 heavy (non-hydrogen) atoms. The Morgan fingerprint density at radius 1 is 1.42 bits per heavy atom. The SMILES string of the molecule is CC(C)CCOCC(=O)NCC#Cc1cn(C(C)C)c(=O)nc1N. The third kappa shape index (κ3) is 6.84. The number of nitrogens with two attached hydrogens (primary N) is 1. The summed E-state index contributed by atoms with van der Waals surface area (Å²) in [5, 5.41) is 2.64. The molecule has 0 saturated heterocycles. The van der Waals surface area contributed by atoms with Crippen LogP contribution in [0.5, 0.6) is 0 Å². The lowest BCUT2D eigenvalue weighted by atomic mass is 10.1. The quantitative estimate of drug-likeness (QED) is 0.571. The van der Waals surface area contributed by atoms with Crippen molar-refractivity contribution in [1.82, 2.24) is 14.9 Å². The summed E-state index contributed by atoms with van der Waals surface area (Å²) >= 11 is 0. The van der Waals surface area contributed by atoms with Gasteiger partial charge in [0.05, 0.1) is 12.1 Å². The van der Waals surface area contributed by atoms with Crippen LogP contribution in [0.4, 0.5) is 5.82 Å². The zero-order valence-electron chi connectivity index (χ0n) is 14.8. The molecule has 0 aliphatic carbocycles. The van der Waals surface area contributed by atoms with Crippen molar-refractivity contribution in [3.8, 4) is 11.8 Å². The lowest BCUT2D eigenvalue weighted by Crippen LogP contribution is -2.28. The van der Waals surface area contributed by atoms with Crippen LogP contribution in [0.2, 0.25) is 0 Å². The van der Waals surface area contributed by atoms with E-state index in [2.05, 4.69) is 36.0 Å². The zero-order chi connectivity index (χ0) is 18.1. The standard InChI is InChI=1S/C17H26N4O3/c1-12(2)7-9-24-11-15(22)19-8-5-6-14-10-21(13(3)4)17(23)20-16(14)18/h10,12-13H,7-9,11H2,1-4H3,(H,19,22)(H2,18,20,23). The van der Waals surface area contributed by atoms with Gasteiger partial charge in [-0.3, -0.25) is 9.36 Å². The van der Waals surface area contributed by atoms with Gasteiger partial charge in [-0.1, -0.05) is 25.7 Å². The minimum absolute atomic E-state index is 0.0241. The summed E-state index contributed by atoms with van der Waals surface area (Å²) in [7, 11) is 0. The topological polar surface area (TPSA) is 99.2 Å². The first-order chi connectivity index (χ1) is 11.3. The molecule has 3 N–H and O–H groups in total. The maximum Gasteiger partial charge on any atom is 0.349 e. The molecule has 0 radical (unpaired) electrons. The van der Waals surface area contributed by atoms with Crippen molar-refractivity contribution < 1.29 is 9.53 Å². The molecular weight excluding hydrogens is 308 g/mol. The molecule has 7 nitrogen and oxygen atoms in total. The van der Waals surface area contributed by atoms with Crippen LogP contribution >= 0.6 is 0 Å². The molecule has 132 valence electrons. The summed E-state index contributed by atoms with van der Waals surface area (Å²) in [4.78, 5) is 27.0. The van der Waals surface area contributed by atoms with Crippen LogP contribution in [-0.4, -0.2) is 35.2 Å². The molecule has 0 aliphatic heterocycles. The highest BCUT2D eigenvalue weighted by atomic mass is 16.5. The Hall–Kier alpha value is -2.33. The van der Waals surface area contributed by atoms with Gasteiger partial charge in [0.1, 0.15) is 12.4 Å². The van der Waals surface area contributed by atoms with E-state index in [9.17, 15) is 9.59 Å². The number of nitrogens with zero attached hydrogens (tertiary/aromatic N) is 2. The summed E-state index contributed by atoms with van der Waals surface area (Å²) in [5.74, 6) is 6.04. The van der Waals surface area contributed by atoms with Crippen LogP contribution in [0, 0.1) is 17.8 Å². The van der Waals surface area contributed by atoms with E-state index in [0.717, 1.165) is 6.42 Å². The lowest BCUT2D eigenvalue weighted by Gasteiger charge is -2.09. The predicted molar refractivity (Wildman–Crippen MR) is 93.5 cm³/mol. The first kappa shape index (κ1) is 19.7. The van der Waals surface area contributed by atoms with Crippen molar-refractivity contribution in [2.24, 2.45) is 5.92 Å². The highest BCUT2D eigenvalue weighted by Crippen LogP contribution is 2.06. The molecule has 0 fully saturated rings. The third-order valence-electron chi connectivity index (χ3n) is 3.21. The van der Waals surface area contributed by atoms with Gasteiger partial charge < -0.3 is 15.8 Å². The van der Waals surface area contributed by atoms with Crippen LogP contribution in [-0.2, 0) is 9.53 Å². The average Bonchev–Trinajstić information content (AvgIpc) is 2.49. The van der Waals surface area contributed by atoms with E-state index < -0.39 is 5.69 Å². The number of ether oxygens (including phenoxy) is 1. The largest absolute Gasteiger partial charge is 0.382 e. The molecule has 1 aromatic rings. The van der Waals surface area contributed by atoms with Crippen LogP contribution in [0.3, 0.4) is 0 Å². The first-order valence-electron chi connectivity index (χ1n) is 8.03. The second-order valence-electron chi connectivity index (χ2n) is 6.14. The van der Waals surface area contributed by atoms with Crippen molar-refractivity contribution in [2.75, 3.05) is 25.5 Å². The Labute approximate surface area is 142 Å². The molecule has 1 aromatic heterocycles. The van der Waals surface area contributed by atoms with Crippen molar-refractivity contribution in [1.29, 1.82) is 0 Å². The van der Waals surface area contributed by atoms with E-state index in [1.165, 1.54) is 4.57 Å². The van der Waals surface area contributed by atoms with Crippen molar-refractivity contribution >= 4 is 11.7 Å². The van der Waals surface area contributed by atoms with Gasteiger partial charge in [0.25, 0.3) is 0 Å². The Morgan fingerprint density at radius 2 is 2.12 bits per heavy atom. The molecular formula is C17H26N4O3. The lowest BCUT2D eigenvalue weighted by molar-refractivity contribution is -0.125. The number of aromatic nitrogens is 2. The second-order valence-corrected chi connectivity index (χ2v) is 6.14. The molecule has 0 bridgehead atoms. The van der Waals surface area contributed by atoms with E-state index in [1.54, 1.807) is 6.20 Å². The number of nitrogens with one attached hydrogen (secondary N) is 1. The highest BCUT2D eigenvalue weighted by Gasteiger charge is 2.06. The number of nitrogen functional groups attached to an aromatic ring is 1. The Balaban J connectivity index is 2.50. The molecule has 0 atom stereocenters. The fourth-order valence-electron chi connectivity index (χ4n) is 1.76. The summed E-state index contributed by atoms with van der Waals surface area (Å²) in [6.45, 7) is 8.70. The van der Waals surface area contributed by atoms with E-state index in [-0.39, 0.29) is 30.9 Å². The number of carbonyl (C=O) groups is 1. The average molecular weight is 334 g/mol. The number of carbonyl (C=O) groups excluding carboxylic acids is 1. The minimum atomic E-state index is -0.403. The molecule has 0 unspecified atom stereocenters. The van der Waals surface area contributed by atoms with Gasteiger partial charge in [0, 0.05) is 18.8 Å². The predicted octanol–water partition coefficient (Wildman–Crippen LogP) is 0.937. The molecule has 7 heteroatoms. The van der Waals surface area contributed by atoms with Gasteiger partial charge in [0.15, 0.2) is 0 Å². The summed E-state index contributed by atoms with van der Waals surface area (Å²) in [6.07, 6.45) is 2.50. The molecule has 0 saturated carbocycles. The van der Waals surface area contributed by atoms with Gasteiger partial charge in [-0.15, -0.1) is 0 Å². The first-order valence-corrected chi connectivity index (χ1v) is 8.03. The van der Waals surface area contributed by atoms with Gasteiger partial charge in [-0.2, -0.15) is 4.98 Å². The van der Waals surface area contributed by atoms with Crippen molar-refractivity contribution in [3.05, 3.63) is 22.2 Å².